The normalized spacial score (nSPS) is 17.5. The number of hydrogen-bond acceptors (Lipinski definition) is 3. The summed E-state index contributed by atoms with van der Waals surface area (Å²) < 4.78 is 2.82. The first-order valence-electron chi connectivity index (χ1n) is 6.69. The second-order valence-electron chi connectivity index (χ2n) is 5.23. The van der Waals surface area contributed by atoms with E-state index < -0.39 is 0 Å². The second-order valence-corrected chi connectivity index (χ2v) is 5.23. The van der Waals surface area contributed by atoms with Gasteiger partial charge in [-0.2, -0.15) is 0 Å². The van der Waals surface area contributed by atoms with E-state index in [0.29, 0.717) is 34.9 Å². The molecule has 0 spiro atoms. The van der Waals surface area contributed by atoms with E-state index in [2.05, 4.69) is 0 Å². The lowest BCUT2D eigenvalue weighted by Gasteiger charge is -2.13. The zero-order chi connectivity index (χ0) is 13.9. The molecule has 1 aromatic heterocycles. The maximum absolute atomic E-state index is 12.6. The third-order valence-corrected chi connectivity index (χ3v) is 4.12. The van der Waals surface area contributed by atoms with Crippen molar-refractivity contribution in [1.29, 1.82) is 0 Å². The second kappa shape index (κ2) is 3.79. The fraction of sp³-hybridized carbons (Fsp3) is 0.267. The van der Waals surface area contributed by atoms with Gasteiger partial charge in [-0.15, -0.1) is 0 Å². The molecule has 2 aromatic rings. The molecule has 0 N–H and O–H groups in total. The van der Waals surface area contributed by atoms with Crippen LogP contribution in [0.2, 0.25) is 0 Å². The summed E-state index contributed by atoms with van der Waals surface area (Å²) in [6.45, 7) is 0.229. The quantitative estimate of drug-likeness (QED) is 0.720. The van der Waals surface area contributed by atoms with Crippen LogP contribution < -0.4 is 11.1 Å². The number of carbonyl (C=O) groups excluding carboxylic acids is 1. The van der Waals surface area contributed by atoms with Gasteiger partial charge in [-0.25, -0.2) is 9.36 Å². The lowest BCUT2D eigenvalue weighted by molar-refractivity contribution is -0.116. The molecule has 0 amide bonds. The molecule has 0 bridgehead atoms. The van der Waals surface area contributed by atoms with Crippen molar-refractivity contribution in [2.75, 3.05) is 0 Å². The van der Waals surface area contributed by atoms with E-state index in [9.17, 15) is 14.4 Å². The number of aromatic nitrogens is 2. The van der Waals surface area contributed by atoms with Gasteiger partial charge in [0.2, 0.25) is 0 Å². The minimum atomic E-state index is -0.208. The van der Waals surface area contributed by atoms with E-state index in [1.807, 2.05) is 0 Å². The minimum absolute atomic E-state index is 0.0605. The van der Waals surface area contributed by atoms with Crippen molar-refractivity contribution in [3.8, 4) is 0 Å². The van der Waals surface area contributed by atoms with Gasteiger partial charge in [0.1, 0.15) is 0 Å². The van der Waals surface area contributed by atoms with Gasteiger partial charge in [0.05, 0.1) is 23.0 Å². The van der Waals surface area contributed by atoms with Crippen LogP contribution in [0.3, 0.4) is 0 Å². The molecule has 0 atom stereocenters. The Hall–Kier alpha value is -2.43. The lowest BCUT2D eigenvalue weighted by Crippen LogP contribution is -2.35. The van der Waals surface area contributed by atoms with Crippen molar-refractivity contribution < 1.29 is 4.79 Å². The number of hydrogen-bond donors (Lipinski definition) is 0. The van der Waals surface area contributed by atoms with E-state index in [1.54, 1.807) is 24.3 Å². The van der Waals surface area contributed by atoms with E-state index >= 15 is 0 Å². The molecule has 100 valence electrons. The molecule has 0 radical (unpaired) electrons. The molecular formula is C15H12N2O3. The molecule has 4 rings (SSSR count). The molecule has 0 fully saturated rings. The van der Waals surface area contributed by atoms with E-state index in [0.717, 1.165) is 6.42 Å². The SMILES string of the molecule is O=C1CCCC2=C1Cn1c(=O)c3ccccc3c(=O)n12. The number of nitrogens with zero attached hydrogens (tertiary/aromatic N) is 2. The molecule has 5 nitrogen and oxygen atoms in total. The van der Waals surface area contributed by atoms with Gasteiger partial charge in [-0.05, 0) is 25.0 Å². The fourth-order valence-corrected chi connectivity index (χ4v) is 3.16. The zero-order valence-electron chi connectivity index (χ0n) is 10.8. The molecule has 2 aliphatic rings. The van der Waals surface area contributed by atoms with Crippen molar-refractivity contribution in [3.05, 3.63) is 50.5 Å². The predicted molar refractivity (Wildman–Crippen MR) is 74.5 cm³/mol. The van der Waals surface area contributed by atoms with Crippen LogP contribution in [0.4, 0.5) is 0 Å². The first-order valence-corrected chi connectivity index (χ1v) is 6.69. The average Bonchev–Trinajstić information content (AvgIpc) is 2.86. The Labute approximate surface area is 113 Å². The van der Waals surface area contributed by atoms with Crippen LogP contribution in [0.1, 0.15) is 19.3 Å². The van der Waals surface area contributed by atoms with Gasteiger partial charge in [-0.3, -0.25) is 14.4 Å². The third-order valence-electron chi connectivity index (χ3n) is 4.12. The number of benzene rings is 1. The number of fused-ring (bicyclic) bond motifs is 3. The highest BCUT2D eigenvalue weighted by Gasteiger charge is 2.31. The van der Waals surface area contributed by atoms with E-state index in [-0.39, 0.29) is 23.4 Å². The van der Waals surface area contributed by atoms with Gasteiger partial charge in [-0.1, -0.05) is 12.1 Å². The highest BCUT2D eigenvalue weighted by atomic mass is 16.2. The summed E-state index contributed by atoms with van der Waals surface area (Å²) in [5, 5.41) is 0.835. The molecular weight excluding hydrogens is 256 g/mol. The molecule has 1 aliphatic heterocycles. The first kappa shape index (κ1) is 11.4. The molecule has 5 heteroatoms. The Balaban J connectivity index is 2.15. The van der Waals surface area contributed by atoms with Gasteiger partial charge in [0.15, 0.2) is 5.78 Å². The van der Waals surface area contributed by atoms with Crippen molar-refractivity contribution in [2.24, 2.45) is 0 Å². The van der Waals surface area contributed by atoms with E-state index in [1.165, 1.54) is 9.36 Å². The average molecular weight is 268 g/mol. The van der Waals surface area contributed by atoms with Crippen LogP contribution >= 0.6 is 0 Å². The number of Topliss-reactive ketones (excluding diaryl/α,β-unsaturated/α-hetero) is 1. The molecule has 0 saturated carbocycles. The third kappa shape index (κ3) is 1.29. The maximum Gasteiger partial charge on any atom is 0.277 e. The van der Waals surface area contributed by atoms with E-state index in [4.69, 9.17) is 0 Å². The van der Waals surface area contributed by atoms with Crippen molar-refractivity contribution in [1.82, 2.24) is 9.36 Å². The summed E-state index contributed by atoms with van der Waals surface area (Å²) >= 11 is 0. The fourth-order valence-electron chi connectivity index (χ4n) is 3.16. The van der Waals surface area contributed by atoms with Crippen LogP contribution in [-0.2, 0) is 11.3 Å². The summed E-state index contributed by atoms with van der Waals surface area (Å²) in [6, 6.07) is 6.81. The summed E-state index contributed by atoms with van der Waals surface area (Å²) in [4.78, 5) is 37.1. The zero-order valence-corrected chi connectivity index (χ0v) is 10.8. The predicted octanol–water partition coefficient (Wildman–Crippen LogP) is 1.14. The smallest absolute Gasteiger partial charge is 0.277 e. The van der Waals surface area contributed by atoms with Gasteiger partial charge in [0.25, 0.3) is 11.1 Å². The van der Waals surface area contributed by atoms with Gasteiger partial charge in [0, 0.05) is 12.0 Å². The number of carbonyl (C=O) groups is 1. The van der Waals surface area contributed by atoms with Crippen molar-refractivity contribution >= 4 is 22.3 Å². The standard InChI is InChI=1S/C15H12N2O3/c18-13-7-3-6-12-11(13)8-16-14(19)9-4-1-2-5-10(9)15(20)17(12)16/h1-2,4-5H,3,6-8H2. The van der Waals surface area contributed by atoms with Crippen LogP contribution in [0, 0.1) is 0 Å². The van der Waals surface area contributed by atoms with Crippen molar-refractivity contribution in [3.63, 3.8) is 0 Å². The molecule has 1 aromatic carbocycles. The van der Waals surface area contributed by atoms with Crippen LogP contribution in [0.25, 0.3) is 16.5 Å². The summed E-state index contributed by atoms with van der Waals surface area (Å²) in [5.74, 6) is 0.0605. The Morgan fingerprint density at radius 1 is 0.900 bits per heavy atom. The maximum atomic E-state index is 12.6. The van der Waals surface area contributed by atoms with Crippen LogP contribution in [-0.4, -0.2) is 15.1 Å². The molecule has 1 aliphatic carbocycles. The molecule has 2 heterocycles. The van der Waals surface area contributed by atoms with Crippen LogP contribution in [0.15, 0.2) is 39.4 Å². The Morgan fingerprint density at radius 3 is 2.35 bits per heavy atom. The Kier molecular flexibility index (Phi) is 2.16. The van der Waals surface area contributed by atoms with Crippen molar-refractivity contribution in [2.45, 2.75) is 25.8 Å². The monoisotopic (exact) mass is 268 g/mol. The minimum Gasteiger partial charge on any atom is -0.294 e. The molecule has 0 saturated heterocycles. The molecule has 20 heavy (non-hydrogen) atoms. The number of ketones is 1. The Morgan fingerprint density at radius 2 is 1.60 bits per heavy atom. The summed E-state index contributed by atoms with van der Waals surface area (Å²) in [6.07, 6.45) is 1.93. The first-order chi connectivity index (χ1) is 9.68. The highest BCUT2D eigenvalue weighted by Crippen LogP contribution is 2.29. The highest BCUT2D eigenvalue weighted by molar-refractivity contribution is 6.02. The molecule has 0 unspecified atom stereocenters. The number of rotatable bonds is 0. The number of allylic oxidation sites excluding steroid dienone is 2. The summed E-state index contributed by atoms with van der Waals surface area (Å²) in [7, 11) is 0. The van der Waals surface area contributed by atoms with Gasteiger partial charge < -0.3 is 0 Å². The lowest BCUT2D eigenvalue weighted by atomic mass is 9.96. The summed E-state index contributed by atoms with van der Waals surface area (Å²) in [5.41, 5.74) is 0.933. The topological polar surface area (TPSA) is 61.1 Å². The Bertz CT molecular complexity index is 915. The largest absolute Gasteiger partial charge is 0.294 e. The van der Waals surface area contributed by atoms with Gasteiger partial charge >= 0.3 is 0 Å². The van der Waals surface area contributed by atoms with Crippen LogP contribution in [0.5, 0.6) is 0 Å².